The first-order valence-corrected chi connectivity index (χ1v) is 5.03. The second-order valence-electron chi connectivity index (χ2n) is 2.20. The molecule has 0 unspecified atom stereocenters. The van der Waals surface area contributed by atoms with Crippen LogP contribution in [0.5, 0.6) is 0 Å². The zero-order chi connectivity index (χ0) is 8.72. The lowest BCUT2D eigenvalue weighted by Gasteiger charge is -1.92. The van der Waals surface area contributed by atoms with Crippen molar-refractivity contribution in [2.24, 2.45) is 0 Å². The molecule has 0 saturated carbocycles. The van der Waals surface area contributed by atoms with Gasteiger partial charge >= 0.3 is 0 Å². The minimum absolute atomic E-state index is 0.503. The number of fused-ring (bicyclic) bond motifs is 1. The maximum absolute atomic E-state index is 5.80. The zero-order valence-electron chi connectivity index (χ0n) is 5.64. The first-order valence-electron chi connectivity index (χ1n) is 3.08. The van der Waals surface area contributed by atoms with E-state index in [4.69, 9.17) is 34.8 Å². The molecule has 1 aromatic carbocycles. The smallest absolute Gasteiger partial charge is 0.184 e. The van der Waals surface area contributed by atoms with E-state index in [1.54, 1.807) is 12.1 Å². The van der Waals surface area contributed by atoms with Gasteiger partial charge in [0.25, 0.3) is 0 Å². The van der Waals surface area contributed by atoms with Crippen LogP contribution in [-0.4, -0.2) is 4.98 Å². The minimum Gasteiger partial charge on any atom is -0.225 e. The highest BCUT2D eigenvalue weighted by molar-refractivity contribution is 7.22. The second-order valence-corrected chi connectivity index (χ2v) is 4.63. The molecule has 0 aliphatic heterocycles. The van der Waals surface area contributed by atoms with Gasteiger partial charge in [-0.1, -0.05) is 34.8 Å². The molecule has 0 fully saturated rings. The minimum atomic E-state index is 0.503. The quantitative estimate of drug-likeness (QED) is 0.668. The van der Waals surface area contributed by atoms with E-state index in [-0.39, 0.29) is 0 Å². The Morgan fingerprint density at radius 1 is 1.08 bits per heavy atom. The first-order chi connectivity index (χ1) is 5.66. The van der Waals surface area contributed by atoms with Crippen LogP contribution in [0.4, 0.5) is 0 Å². The topological polar surface area (TPSA) is 12.9 Å². The lowest BCUT2D eigenvalue weighted by Crippen LogP contribution is -1.69. The van der Waals surface area contributed by atoms with Gasteiger partial charge in [-0.3, -0.25) is 0 Å². The molecule has 0 saturated heterocycles. The molecule has 0 aliphatic rings. The number of benzene rings is 1. The Morgan fingerprint density at radius 2 is 1.75 bits per heavy atom. The number of halogens is 3. The predicted molar refractivity (Wildman–Crippen MR) is 54.7 cm³/mol. The number of hydrogen-bond acceptors (Lipinski definition) is 2. The maximum atomic E-state index is 5.80. The summed E-state index contributed by atoms with van der Waals surface area (Å²) in [7, 11) is 0. The van der Waals surface area contributed by atoms with Crippen molar-refractivity contribution in [1.82, 2.24) is 4.98 Å². The van der Waals surface area contributed by atoms with E-state index >= 15 is 0 Å². The predicted octanol–water partition coefficient (Wildman–Crippen LogP) is 4.26. The Bertz CT molecular complexity index is 398. The molecule has 0 atom stereocenters. The van der Waals surface area contributed by atoms with Gasteiger partial charge in [-0.25, -0.2) is 4.98 Å². The first kappa shape index (κ1) is 8.57. The lowest BCUT2D eigenvalue weighted by atomic mass is 10.3. The summed E-state index contributed by atoms with van der Waals surface area (Å²) < 4.78 is 1.46. The molecule has 1 aromatic heterocycles. The Labute approximate surface area is 87.9 Å². The monoisotopic (exact) mass is 237 g/mol. The molecule has 62 valence electrons. The molecule has 12 heavy (non-hydrogen) atoms. The van der Waals surface area contributed by atoms with Crippen LogP contribution in [0.15, 0.2) is 12.1 Å². The summed E-state index contributed by atoms with van der Waals surface area (Å²) in [5.41, 5.74) is 0.791. The molecule has 0 aliphatic carbocycles. The van der Waals surface area contributed by atoms with Gasteiger partial charge in [0.1, 0.15) is 0 Å². The van der Waals surface area contributed by atoms with Crippen molar-refractivity contribution in [3.63, 3.8) is 0 Å². The van der Waals surface area contributed by atoms with Gasteiger partial charge in [-0.15, -0.1) is 11.3 Å². The third-order valence-electron chi connectivity index (χ3n) is 1.40. The highest BCUT2D eigenvalue weighted by Gasteiger charge is 2.05. The molecular formula is C7H2Cl3NS. The summed E-state index contributed by atoms with van der Waals surface area (Å²) in [5.74, 6) is 0. The summed E-state index contributed by atoms with van der Waals surface area (Å²) in [4.78, 5) is 4.06. The molecule has 0 radical (unpaired) electrons. The van der Waals surface area contributed by atoms with Crippen LogP contribution >= 0.6 is 46.1 Å². The van der Waals surface area contributed by atoms with Crippen molar-refractivity contribution in [2.75, 3.05) is 0 Å². The normalized spacial score (nSPS) is 10.9. The van der Waals surface area contributed by atoms with E-state index in [0.717, 1.165) is 10.2 Å². The van der Waals surface area contributed by atoms with Gasteiger partial charge in [-0.05, 0) is 12.1 Å². The largest absolute Gasteiger partial charge is 0.225 e. The summed E-state index contributed by atoms with van der Waals surface area (Å²) in [6, 6.07) is 3.48. The number of thiazole rings is 1. The van der Waals surface area contributed by atoms with Gasteiger partial charge in [0.2, 0.25) is 0 Å². The second kappa shape index (κ2) is 3.04. The number of rotatable bonds is 0. The molecule has 2 aromatic rings. The third-order valence-corrected chi connectivity index (χ3v) is 3.25. The van der Waals surface area contributed by atoms with Crippen LogP contribution in [0.1, 0.15) is 0 Å². The summed E-state index contributed by atoms with van der Waals surface area (Å²) in [6.07, 6.45) is 0. The number of nitrogens with zero attached hydrogens (tertiary/aromatic N) is 1. The highest BCUT2D eigenvalue weighted by atomic mass is 35.5. The fourth-order valence-electron chi connectivity index (χ4n) is 0.895. The summed E-state index contributed by atoms with van der Waals surface area (Å²) in [6.45, 7) is 0. The number of hydrogen-bond donors (Lipinski definition) is 0. The van der Waals surface area contributed by atoms with Crippen LogP contribution in [-0.2, 0) is 0 Å². The number of aromatic nitrogens is 1. The van der Waals surface area contributed by atoms with Crippen molar-refractivity contribution in [1.29, 1.82) is 0 Å². The van der Waals surface area contributed by atoms with E-state index in [9.17, 15) is 0 Å². The van der Waals surface area contributed by atoms with Gasteiger partial charge < -0.3 is 0 Å². The molecule has 2 rings (SSSR count). The molecule has 0 N–H and O–H groups in total. The average molecular weight is 239 g/mol. The maximum Gasteiger partial charge on any atom is 0.184 e. The summed E-state index contributed by atoms with van der Waals surface area (Å²) in [5, 5.41) is 1.04. The zero-order valence-corrected chi connectivity index (χ0v) is 8.73. The Hall–Kier alpha value is -0.0200. The molecule has 1 nitrogen and oxygen atoms in total. The fourth-order valence-corrected chi connectivity index (χ4v) is 2.33. The Morgan fingerprint density at radius 3 is 2.50 bits per heavy atom. The lowest BCUT2D eigenvalue weighted by molar-refractivity contribution is 1.50. The van der Waals surface area contributed by atoms with Crippen LogP contribution in [0.2, 0.25) is 14.5 Å². The van der Waals surface area contributed by atoms with Crippen molar-refractivity contribution < 1.29 is 0 Å². The van der Waals surface area contributed by atoms with Gasteiger partial charge in [0.15, 0.2) is 4.47 Å². The van der Waals surface area contributed by atoms with E-state index in [1.807, 2.05) is 0 Å². The Balaban J connectivity index is 2.83. The Kier molecular flexibility index (Phi) is 2.17. The summed E-state index contributed by atoms with van der Waals surface area (Å²) >= 11 is 18.7. The van der Waals surface area contributed by atoms with E-state index in [1.165, 1.54) is 11.3 Å². The molecule has 1 heterocycles. The van der Waals surface area contributed by atoms with Crippen LogP contribution in [0.25, 0.3) is 10.2 Å². The van der Waals surface area contributed by atoms with Crippen molar-refractivity contribution in [3.05, 3.63) is 26.6 Å². The third kappa shape index (κ3) is 1.40. The van der Waals surface area contributed by atoms with Crippen molar-refractivity contribution >= 4 is 56.4 Å². The molecule has 5 heteroatoms. The van der Waals surface area contributed by atoms with Crippen molar-refractivity contribution in [3.8, 4) is 0 Å². The SMILES string of the molecule is Clc1nc2cc(Cl)c(Cl)cc2s1. The van der Waals surface area contributed by atoms with Crippen LogP contribution < -0.4 is 0 Å². The van der Waals surface area contributed by atoms with Gasteiger partial charge in [0.05, 0.1) is 20.3 Å². The van der Waals surface area contributed by atoms with E-state index < -0.39 is 0 Å². The molecule has 0 amide bonds. The molecule has 0 spiro atoms. The van der Waals surface area contributed by atoms with E-state index in [2.05, 4.69) is 4.98 Å². The van der Waals surface area contributed by atoms with Crippen LogP contribution in [0, 0.1) is 0 Å². The standard InChI is InChI=1S/C7H2Cl3NS/c8-3-1-5-6(2-4(3)9)12-7(10)11-5/h1-2H. The van der Waals surface area contributed by atoms with Gasteiger partial charge in [-0.2, -0.15) is 0 Å². The molecular weight excluding hydrogens is 237 g/mol. The van der Waals surface area contributed by atoms with Crippen molar-refractivity contribution in [2.45, 2.75) is 0 Å². The fraction of sp³-hybridized carbons (Fsp3) is 0. The average Bonchev–Trinajstić information content (AvgIpc) is 2.30. The highest BCUT2D eigenvalue weighted by Crippen LogP contribution is 2.32. The molecule has 0 bridgehead atoms. The van der Waals surface area contributed by atoms with Gasteiger partial charge in [0, 0.05) is 0 Å². The van der Waals surface area contributed by atoms with Crippen LogP contribution in [0.3, 0.4) is 0 Å². The van der Waals surface area contributed by atoms with E-state index in [0.29, 0.717) is 14.5 Å².